The van der Waals surface area contributed by atoms with Crippen LogP contribution in [0.15, 0.2) is 267 Å². The van der Waals surface area contributed by atoms with E-state index in [1.807, 2.05) is 11.3 Å². The molecule has 0 saturated carbocycles. The van der Waals surface area contributed by atoms with Crippen molar-refractivity contribution in [3.63, 3.8) is 0 Å². The average Bonchev–Trinajstić information content (AvgIpc) is 4.38. The summed E-state index contributed by atoms with van der Waals surface area (Å²) < 4.78 is 7.41. The summed E-state index contributed by atoms with van der Waals surface area (Å²) in [5, 5.41) is 9.69. The molecular weight excluding hydrogens is 981 g/mol. The fraction of sp³-hybridized carbons (Fsp3) is 0.0278. The Hall–Kier alpha value is -9.76. The maximum Gasteiger partial charge on any atom is 0.0568 e. The van der Waals surface area contributed by atoms with Crippen LogP contribution in [0.4, 0.5) is 34.1 Å². The fourth-order valence-electron chi connectivity index (χ4n) is 12.2. The Bertz CT molecular complexity index is 4810. The molecule has 12 aromatic carbocycles. The minimum Gasteiger partial charge on any atom is -0.326 e. The van der Waals surface area contributed by atoms with Gasteiger partial charge in [0.25, 0.3) is 0 Å². The largest absolute Gasteiger partial charge is 0.326 e. The van der Waals surface area contributed by atoms with E-state index in [2.05, 4.69) is 286 Å². The van der Waals surface area contributed by atoms with Crippen LogP contribution >= 0.6 is 11.3 Å². The molecule has 0 unspecified atom stereocenters. The number of nitrogens with two attached hydrogens (primary N) is 2. The molecule has 0 amide bonds. The van der Waals surface area contributed by atoms with Crippen molar-refractivity contribution in [3.05, 3.63) is 278 Å². The number of rotatable bonds is 11. The average molecular weight is 1030 g/mol. The maximum absolute atomic E-state index is 6.24. The number of hydrogen-bond acceptors (Lipinski definition) is 5. The zero-order valence-corrected chi connectivity index (χ0v) is 44.0. The van der Waals surface area contributed by atoms with Gasteiger partial charge in [-0.05, 0) is 149 Å². The Morgan fingerprint density at radius 1 is 0.304 bits per heavy atom. The first kappa shape index (κ1) is 46.5. The standard InChI is InChI=1S/C72H52N6S/c73-45-47-30-33-54(34-31-47)75(51-18-4-1-5-19-51)55-24-14-16-49(39-55)50-17-15-25-56(40-50)76(57-35-36-60-58-26-12-13-29-65(58)77(66(60)41-57)52-20-6-2-7-21-52)67-43-69-72(61-28-11-10-27-59(61)67)64-42-63-62-38-48(46-74)32-37-70(62)79-71(63)44-68(64)78(69)53-22-8-3-9-23-53/h1-44H,45-46,73-74H2. The van der Waals surface area contributed by atoms with E-state index >= 15 is 0 Å². The summed E-state index contributed by atoms with van der Waals surface area (Å²) in [5.74, 6) is 0. The highest BCUT2D eigenvalue weighted by Crippen LogP contribution is 2.49. The van der Waals surface area contributed by atoms with Gasteiger partial charge >= 0.3 is 0 Å². The minimum absolute atomic E-state index is 0.492. The van der Waals surface area contributed by atoms with Crippen LogP contribution in [0, 0.1) is 0 Å². The van der Waals surface area contributed by atoms with Crippen LogP contribution in [-0.4, -0.2) is 9.13 Å². The lowest BCUT2D eigenvalue weighted by molar-refractivity contribution is 1.07. The van der Waals surface area contributed by atoms with E-state index in [1.165, 1.54) is 58.1 Å². The molecule has 4 N–H and O–H groups in total. The van der Waals surface area contributed by atoms with Gasteiger partial charge < -0.3 is 30.4 Å². The third-order valence-corrected chi connectivity index (χ3v) is 16.9. The summed E-state index contributed by atoms with van der Waals surface area (Å²) >= 11 is 1.85. The van der Waals surface area contributed by atoms with E-state index in [1.54, 1.807) is 0 Å². The second kappa shape index (κ2) is 19.1. The molecule has 0 aliphatic rings. The van der Waals surface area contributed by atoms with E-state index in [-0.39, 0.29) is 0 Å². The van der Waals surface area contributed by atoms with Crippen LogP contribution in [0.1, 0.15) is 11.1 Å². The van der Waals surface area contributed by atoms with E-state index < -0.39 is 0 Å². The molecule has 15 rings (SSSR count). The number of benzene rings is 12. The Morgan fingerprint density at radius 3 is 1.52 bits per heavy atom. The molecule has 79 heavy (non-hydrogen) atoms. The summed E-state index contributed by atoms with van der Waals surface area (Å²) in [7, 11) is 0. The number of nitrogens with zero attached hydrogens (tertiary/aromatic N) is 4. The van der Waals surface area contributed by atoms with Crippen molar-refractivity contribution in [2.75, 3.05) is 9.80 Å². The normalized spacial score (nSPS) is 11.8. The minimum atomic E-state index is 0.492. The van der Waals surface area contributed by atoms with Crippen LogP contribution in [0.3, 0.4) is 0 Å². The Morgan fingerprint density at radius 2 is 0.823 bits per heavy atom. The van der Waals surface area contributed by atoms with Gasteiger partial charge in [-0.25, -0.2) is 0 Å². The summed E-state index contributed by atoms with van der Waals surface area (Å²) in [6, 6.07) is 97.5. The van der Waals surface area contributed by atoms with Crippen molar-refractivity contribution in [3.8, 4) is 22.5 Å². The van der Waals surface area contributed by atoms with E-state index in [9.17, 15) is 0 Å². The Labute approximate surface area is 461 Å². The highest BCUT2D eigenvalue weighted by atomic mass is 32.1. The van der Waals surface area contributed by atoms with Gasteiger partial charge in [0.1, 0.15) is 0 Å². The fourth-order valence-corrected chi connectivity index (χ4v) is 13.3. The number of fused-ring (bicyclic) bond motifs is 11. The second-order valence-electron chi connectivity index (χ2n) is 20.4. The molecule has 0 spiro atoms. The number of hydrogen-bond donors (Lipinski definition) is 2. The van der Waals surface area contributed by atoms with Crippen molar-refractivity contribution < 1.29 is 0 Å². The smallest absolute Gasteiger partial charge is 0.0568 e. The molecular formula is C72H52N6S. The van der Waals surface area contributed by atoms with Crippen molar-refractivity contribution in [1.29, 1.82) is 0 Å². The molecule has 15 aromatic rings. The second-order valence-corrected chi connectivity index (χ2v) is 21.5. The zero-order chi connectivity index (χ0) is 52.6. The van der Waals surface area contributed by atoms with Gasteiger partial charge in [-0.3, -0.25) is 0 Å². The van der Waals surface area contributed by atoms with Crippen molar-refractivity contribution in [2.24, 2.45) is 11.5 Å². The SMILES string of the molecule is NCc1ccc(N(c2ccccc2)c2cccc(-c3cccc(N(c4ccc5c6ccccc6n(-c6ccccc6)c5c4)c4cc5c(c6ccccc46)c4cc6c(cc4n5-c4ccccc4)sc4ccc(CN)cc46)c3)c2)cc1. The van der Waals surface area contributed by atoms with E-state index in [4.69, 9.17) is 11.5 Å². The number of aromatic nitrogens is 2. The molecule has 3 aromatic heterocycles. The number of para-hydroxylation sites is 4. The summed E-state index contributed by atoms with van der Waals surface area (Å²) in [5.41, 5.74) is 29.9. The predicted octanol–water partition coefficient (Wildman–Crippen LogP) is 18.9. The molecule has 0 saturated heterocycles. The number of thiophene rings is 1. The quantitative estimate of drug-likeness (QED) is 0.135. The first-order valence-electron chi connectivity index (χ1n) is 26.9. The van der Waals surface area contributed by atoms with Crippen LogP contribution in [0.25, 0.3) is 97.1 Å². The number of anilines is 6. The van der Waals surface area contributed by atoms with Gasteiger partial charge in [-0.15, -0.1) is 11.3 Å². The third-order valence-electron chi connectivity index (χ3n) is 15.8. The summed E-state index contributed by atoms with van der Waals surface area (Å²) in [6.45, 7) is 0.993. The van der Waals surface area contributed by atoms with Crippen molar-refractivity contribution in [1.82, 2.24) is 9.13 Å². The van der Waals surface area contributed by atoms with Gasteiger partial charge in [-0.2, -0.15) is 0 Å². The Balaban J connectivity index is 0.994. The molecule has 7 heteroatoms. The first-order chi connectivity index (χ1) is 39.1. The highest BCUT2D eigenvalue weighted by molar-refractivity contribution is 7.25. The molecule has 3 heterocycles. The topological polar surface area (TPSA) is 68.4 Å². The van der Waals surface area contributed by atoms with Crippen LogP contribution in [0.5, 0.6) is 0 Å². The van der Waals surface area contributed by atoms with Gasteiger partial charge in [0, 0.05) is 100 Å². The Kier molecular flexibility index (Phi) is 11.2. The lowest BCUT2D eigenvalue weighted by atomic mass is 9.99. The van der Waals surface area contributed by atoms with Crippen molar-refractivity contribution in [2.45, 2.75) is 13.1 Å². The lowest BCUT2D eigenvalue weighted by Gasteiger charge is -2.28. The molecule has 0 bridgehead atoms. The highest BCUT2D eigenvalue weighted by Gasteiger charge is 2.25. The van der Waals surface area contributed by atoms with E-state index in [0.29, 0.717) is 13.1 Å². The summed E-state index contributed by atoms with van der Waals surface area (Å²) in [4.78, 5) is 4.81. The predicted molar refractivity (Wildman–Crippen MR) is 336 cm³/mol. The molecule has 0 aliphatic carbocycles. The van der Waals surface area contributed by atoms with E-state index in [0.717, 1.165) is 84.2 Å². The van der Waals surface area contributed by atoms with Gasteiger partial charge in [0.2, 0.25) is 0 Å². The molecule has 0 fully saturated rings. The van der Waals surface area contributed by atoms with Gasteiger partial charge in [-0.1, -0.05) is 146 Å². The lowest BCUT2D eigenvalue weighted by Crippen LogP contribution is -2.11. The monoisotopic (exact) mass is 1030 g/mol. The zero-order valence-electron chi connectivity index (χ0n) is 43.2. The van der Waals surface area contributed by atoms with Crippen LogP contribution in [-0.2, 0) is 13.1 Å². The molecule has 0 aliphatic heterocycles. The summed E-state index contributed by atoms with van der Waals surface area (Å²) in [6.07, 6.45) is 0. The molecule has 376 valence electrons. The van der Waals surface area contributed by atoms with Crippen molar-refractivity contribution >= 4 is 120 Å². The maximum atomic E-state index is 6.24. The van der Waals surface area contributed by atoms with Gasteiger partial charge in [0.15, 0.2) is 0 Å². The third kappa shape index (κ3) is 7.78. The van der Waals surface area contributed by atoms with Gasteiger partial charge in [0.05, 0.1) is 27.8 Å². The van der Waals surface area contributed by atoms with Crippen LogP contribution in [0.2, 0.25) is 0 Å². The molecule has 0 atom stereocenters. The van der Waals surface area contributed by atoms with Crippen LogP contribution < -0.4 is 21.3 Å². The first-order valence-corrected chi connectivity index (χ1v) is 27.7. The molecule has 6 nitrogen and oxygen atoms in total. The molecule has 0 radical (unpaired) electrons.